The molecule has 0 bridgehead atoms. The number of benzene rings is 1. The number of rotatable bonds is 1. The fraction of sp³-hybridized carbons (Fsp3) is 0.375. The van der Waals surface area contributed by atoms with Gasteiger partial charge in [0, 0.05) is 42.6 Å². The molecule has 3 rings (SSSR count). The molecule has 1 amide bonds. The number of aromatic nitrogens is 1. The van der Waals surface area contributed by atoms with Crippen LogP contribution < -0.4 is 10.6 Å². The first kappa shape index (κ1) is 13.7. The minimum atomic E-state index is 0.152. The zero-order valence-electron chi connectivity index (χ0n) is 12.5. The Morgan fingerprint density at radius 3 is 2.86 bits per heavy atom. The molecule has 0 radical (unpaired) electrons. The van der Waals surface area contributed by atoms with E-state index in [2.05, 4.69) is 9.88 Å². The first-order valence-electron chi connectivity index (χ1n) is 7.20. The van der Waals surface area contributed by atoms with Crippen molar-refractivity contribution in [2.24, 2.45) is 0 Å². The fourth-order valence-corrected chi connectivity index (χ4v) is 2.81. The molecule has 1 saturated heterocycles. The number of nitrogen functional groups attached to an aromatic ring is 1. The van der Waals surface area contributed by atoms with Gasteiger partial charge in [0.15, 0.2) is 0 Å². The first-order valence-corrected chi connectivity index (χ1v) is 7.20. The normalized spacial score (nSPS) is 16.4. The van der Waals surface area contributed by atoms with Gasteiger partial charge in [-0.2, -0.15) is 0 Å². The highest BCUT2D eigenvalue weighted by molar-refractivity contribution is 5.95. The van der Waals surface area contributed by atoms with Gasteiger partial charge >= 0.3 is 0 Å². The highest BCUT2D eigenvalue weighted by atomic mass is 16.2. The molecule has 110 valence electrons. The number of nitrogens with zero attached hydrogens (tertiary/aromatic N) is 3. The van der Waals surface area contributed by atoms with Gasteiger partial charge in [0.2, 0.25) is 5.91 Å². The maximum atomic E-state index is 12.1. The predicted molar refractivity (Wildman–Crippen MR) is 85.4 cm³/mol. The Balaban J connectivity index is 2.10. The lowest BCUT2D eigenvalue weighted by Gasteiger charge is -2.24. The summed E-state index contributed by atoms with van der Waals surface area (Å²) >= 11 is 0. The number of amides is 1. The average molecular weight is 284 g/mol. The minimum absolute atomic E-state index is 0.152. The van der Waals surface area contributed by atoms with Gasteiger partial charge < -0.3 is 15.5 Å². The molecule has 0 spiro atoms. The van der Waals surface area contributed by atoms with E-state index in [1.807, 2.05) is 38.2 Å². The van der Waals surface area contributed by atoms with E-state index in [0.717, 1.165) is 41.8 Å². The van der Waals surface area contributed by atoms with Crippen molar-refractivity contribution in [2.45, 2.75) is 13.3 Å². The molecule has 0 aliphatic carbocycles. The van der Waals surface area contributed by atoms with Crippen molar-refractivity contribution in [3.63, 3.8) is 0 Å². The fourth-order valence-electron chi connectivity index (χ4n) is 2.81. The van der Waals surface area contributed by atoms with Crippen LogP contribution in [0.3, 0.4) is 0 Å². The van der Waals surface area contributed by atoms with E-state index in [-0.39, 0.29) is 5.91 Å². The lowest BCUT2D eigenvalue weighted by atomic mass is 10.1. The van der Waals surface area contributed by atoms with E-state index in [4.69, 9.17) is 5.73 Å². The summed E-state index contributed by atoms with van der Waals surface area (Å²) in [7, 11) is 1.86. The molecule has 21 heavy (non-hydrogen) atoms. The SMILES string of the molecule is Cc1cc(N2CCCN(C)C(=O)C2)c2cc(N)ccc2n1. The number of fused-ring (bicyclic) bond motifs is 1. The van der Waals surface area contributed by atoms with Gasteiger partial charge in [-0.05, 0) is 37.6 Å². The number of aryl methyl sites for hydroxylation is 1. The van der Waals surface area contributed by atoms with Crippen LogP contribution in [0, 0.1) is 6.92 Å². The third-order valence-electron chi connectivity index (χ3n) is 3.95. The summed E-state index contributed by atoms with van der Waals surface area (Å²) < 4.78 is 0. The van der Waals surface area contributed by atoms with Gasteiger partial charge in [0.1, 0.15) is 0 Å². The summed E-state index contributed by atoms with van der Waals surface area (Å²) in [6.07, 6.45) is 0.966. The quantitative estimate of drug-likeness (QED) is 0.811. The Morgan fingerprint density at radius 1 is 1.24 bits per heavy atom. The zero-order chi connectivity index (χ0) is 15.0. The number of anilines is 2. The van der Waals surface area contributed by atoms with E-state index >= 15 is 0 Å². The van der Waals surface area contributed by atoms with Crippen molar-refractivity contribution in [2.75, 3.05) is 37.3 Å². The van der Waals surface area contributed by atoms with Crippen LogP contribution in [0.2, 0.25) is 0 Å². The van der Waals surface area contributed by atoms with Gasteiger partial charge in [-0.1, -0.05) is 0 Å². The van der Waals surface area contributed by atoms with Crippen LogP contribution in [-0.4, -0.2) is 42.5 Å². The van der Waals surface area contributed by atoms with Gasteiger partial charge in [0.05, 0.1) is 12.1 Å². The summed E-state index contributed by atoms with van der Waals surface area (Å²) in [6, 6.07) is 7.78. The van der Waals surface area contributed by atoms with Crippen LogP contribution in [0.4, 0.5) is 11.4 Å². The lowest BCUT2D eigenvalue weighted by Crippen LogP contribution is -2.34. The van der Waals surface area contributed by atoms with Crippen LogP contribution in [0.1, 0.15) is 12.1 Å². The highest BCUT2D eigenvalue weighted by Crippen LogP contribution is 2.29. The summed E-state index contributed by atoms with van der Waals surface area (Å²) in [4.78, 5) is 20.6. The number of carbonyl (C=O) groups is 1. The van der Waals surface area contributed by atoms with Crippen molar-refractivity contribution < 1.29 is 4.79 Å². The highest BCUT2D eigenvalue weighted by Gasteiger charge is 2.21. The molecule has 2 N–H and O–H groups in total. The van der Waals surface area contributed by atoms with Gasteiger partial charge in [-0.15, -0.1) is 0 Å². The maximum absolute atomic E-state index is 12.1. The monoisotopic (exact) mass is 284 g/mol. The molecule has 0 unspecified atom stereocenters. The number of pyridine rings is 1. The molecule has 0 saturated carbocycles. The Morgan fingerprint density at radius 2 is 2.05 bits per heavy atom. The van der Waals surface area contributed by atoms with Gasteiger partial charge in [-0.3, -0.25) is 9.78 Å². The third-order valence-corrected chi connectivity index (χ3v) is 3.95. The van der Waals surface area contributed by atoms with Gasteiger partial charge in [-0.25, -0.2) is 0 Å². The Kier molecular flexibility index (Phi) is 3.41. The van der Waals surface area contributed by atoms with Crippen LogP contribution in [0.25, 0.3) is 10.9 Å². The minimum Gasteiger partial charge on any atom is -0.399 e. The van der Waals surface area contributed by atoms with E-state index < -0.39 is 0 Å². The molecule has 1 aromatic carbocycles. The molecular formula is C16H20N4O. The molecule has 5 heteroatoms. The standard InChI is InChI=1S/C16H20N4O/c1-11-8-15(13-9-12(17)4-5-14(13)18-11)20-7-3-6-19(2)16(21)10-20/h4-5,8-9H,3,6-7,10,17H2,1-2H3. The van der Waals surface area contributed by atoms with Crippen LogP contribution in [0.5, 0.6) is 0 Å². The van der Waals surface area contributed by atoms with E-state index in [1.54, 1.807) is 4.90 Å². The van der Waals surface area contributed by atoms with Crippen LogP contribution in [0.15, 0.2) is 24.3 Å². The molecule has 5 nitrogen and oxygen atoms in total. The maximum Gasteiger partial charge on any atom is 0.241 e. The first-order chi connectivity index (χ1) is 10.0. The van der Waals surface area contributed by atoms with Crippen molar-refractivity contribution in [1.82, 2.24) is 9.88 Å². The molecule has 1 fully saturated rings. The van der Waals surface area contributed by atoms with Gasteiger partial charge in [0.25, 0.3) is 0 Å². The smallest absolute Gasteiger partial charge is 0.241 e. The average Bonchev–Trinajstić information content (AvgIpc) is 2.61. The van der Waals surface area contributed by atoms with E-state index in [1.165, 1.54) is 0 Å². The molecule has 2 aromatic rings. The molecule has 1 aliphatic rings. The second-order valence-electron chi connectivity index (χ2n) is 5.65. The number of likely N-dealkylation sites (N-methyl/N-ethyl adjacent to an activating group) is 1. The zero-order valence-corrected chi connectivity index (χ0v) is 12.5. The summed E-state index contributed by atoms with van der Waals surface area (Å²) in [6.45, 7) is 4.05. The second-order valence-corrected chi connectivity index (χ2v) is 5.65. The topological polar surface area (TPSA) is 62.5 Å². The van der Waals surface area contributed by atoms with E-state index in [0.29, 0.717) is 12.2 Å². The second kappa shape index (κ2) is 5.24. The lowest BCUT2D eigenvalue weighted by molar-refractivity contribution is -0.127. The molecule has 0 atom stereocenters. The van der Waals surface area contributed by atoms with E-state index in [9.17, 15) is 4.79 Å². The van der Waals surface area contributed by atoms with Crippen molar-refractivity contribution in [3.8, 4) is 0 Å². The molecule has 1 aromatic heterocycles. The summed E-state index contributed by atoms with van der Waals surface area (Å²) in [5.74, 6) is 0.152. The summed E-state index contributed by atoms with van der Waals surface area (Å²) in [5, 5.41) is 1.01. The number of hydrogen-bond donors (Lipinski definition) is 1. The molecule has 2 heterocycles. The largest absolute Gasteiger partial charge is 0.399 e. The van der Waals surface area contributed by atoms with Crippen LogP contribution >= 0.6 is 0 Å². The predicted octanol–water partition coefficient (Wildman–Crippen LogP) is 1.79. The summed E-state index contributed by atoms with van der Waals surface area (Å²) in [5.41, 5.74) is 9.56. The third kappa shape index (κ3) is 2.63. The van der Waals surface area contributed by atoms with Crippen molar-refractivity contribution >= 4 is 28.2 Å². The van der Waals surface area contributed by atoms with Crippen LogP contribution in [-0.2, 0) is 4.79 Å². The molecular weight excluding hydrogens is 264 g/mol. The number of hydrogen-bond acceptors (Lipinski definition) is 4. The number of carbonyl (C=O) groups excluding carboxylic acids is 1. The van der Waals surface area contributed by atoms with Crippen molar-refractivity contribution in [3.05, 3.63) is 30.0 Å². The molecule has 1 aliphatic heterocycles. The Bertz CT molecular complexity index is 698. The Labute approximate surface area is 124 Å². The number of nitrogens with two attached hydrogens (primary N) is 1. The Hall–Kier alpha value is -2.30. The van der Waals surface area contributed by atoms with Crippen molar-refractivity contribution in [1.29, 1.82) is 0 Å².